The molecule has 0 aliphatic heterocycles. The third-order valence-corrected chi connectivity index (χ3v) is 12.7. The topological polar surface area (TPSA) is 42.7 Å². The van der Waals surface area contributed by atoms with E-state index >= 15 is 0 Å². The number of fused-ring (bicyclic) bond motifs is 10. The van der Waals surface area contributed by atoms with Crippen LogP contribution in [-0.2, 0) is 0 Å². The molecule has 0 radical (unpaired) electrons. The second-order valence-electron chi connectivity index (χ2n) is 16.3. The fourth-order valence-electron chi connectivity index (χ4n) is 9.80. The molecule has 3 heterocycles. The summed E-state index contributed by atoms with van der Waals surface area (Å²) in [6.45, 7) is 0. The first-order valence-corrected chi connectivity index (χ1v) is 21.3. The van der Waals surface area contributed by atoms with Gasteiger partial charge in [0, 0.05) is 60.5 Å². The van der Waals surface area contributed by atoms with E-state index in [-0.39, 0.29) is 0 Å². The molecule has 0 atom stereocenters. The Balaban J connectivity index is 0.973. The standard InChI is InChI=1S/C58H37NO3/c1-2-12-39-35-56-50(33-38(39)11-1)47-18-9-17-46(58(47)62-56)44-13-3-6-19-51(44)59(41-28-23-36(24-29-41)40-27-32-54-49(34-40)45-14-4-7-20-52(45)60-54)42-30-25-37(26-31-42)43-16-10-22-55-57(43)48-15-5-8-21-53(48)61-55/h1-5,7-18,20-35H,6,19H2. The zero-order valence-electron chi connectivity index (χ0n) is 33.6. The van der Waals surface area contributed by atoms with Crippen molar-refractivity contribution in [2.75, 3.05) is 4.90 Å². The second kappa shape index (κ2) is 13.7. The summed E-state index contributed by atoms with van der Waals surface area (Å²) < 4.78 is 19.3. The largest absolute Gasteiger partial charge is 0.456 e. The first-order valence-electron chi connectivity index (χ1n) is 21.3. The molecular weight excluding hydrogens is 759 g/mol. The van der Waals surface area contributed by atoms with Crippen LogP contribution in [0.15, 0.2) is 219 Å². The lowest BCUT2D eigenvalue weighted by Crippen LogP contribution is -2.19. The normalized spacial score (nSPS) is 13.2. The molecule has 13 rings (SSSR count). The summed E-state index contributed by atoms with van der Waals surface area (Å²) in [4.78, 5) is 2.45. The summed E-state index contributed by atoms with van der Waals surface area (Å²) in [7, 11) is 0. The van der Waals surface area contributed by atoms with Gasteiger partial charge in [0.15, 0.2) is 0 Å². The first-order chi connectivity index (χ1) is 30.7. The molecule has 0 bridgehead atoms. The molecule has 62 heavy (non-hydrogen) atoms. The Hall–Kier alpha value is -8.08. The van der Waals surface area contributed by atoms with Crippen LogP contribution in [0.1, 0.15) is 18.4 Å². The van der Waals surface area contributed by atoms with E-state index in [1.54, 1.807) is 0 Å². The zero-order chi connectivity index (χ0) is 40.7. The predicted molar refractivity (Wildman–Crippen MR) is 257 cm³/mol. The number of benzene rings is 9. The summed E-state index contributed by atoms with van der Waals surface area (Å²) in [5.74, 6) is 0. The number of furan rings is 3. The first kappa shape index (κ1) is 34.8. The van der Waals surface area contributed by atoms with Crippen LogP contribution >= 0.6 is 0 Å². The molecule has 4 nitrogen and oxygen atoms in total. The molecule has 0 fully saturated rings. The number of allylic oxidation sites excluding steroid dienone is 4. The van der Waals surface area contributed by atoms with E-state index in [1.807, 2.05) is 24.3 Å². The highest BCUT2D eigenvalue weighted by Crippen LogP contribution is 2.44. The van der Waals surface area contributed by atoms with Crippen molar-refractivity contribution < 1.29 is 13.3 Å². The fourth-order valence-corrected chi connectivity index (χ4v) is 9.80. The Morgan fingerprint density at radius 2 is 0.984 bits per heavy atom. The maximum Gasteiger partial charge on any atom is 0.143 e. The monoisotopic (exact) mass is 795 g/mol. The van der Waals surface area contributed by atoms with Gasteiger partial charge in [-0.2, -0.15) is 0 Å². The molecule has 0 N–H and O–H groups in total. The van der Waals surface area contributed by atoms with Gasteiger partial charge >= 0.3 is 0 Å². The van der Waals surface area contributed by atoms with E-state index < -0.39 is 0 Å². The molecular formula is C58H37NO3. The summed E-state index contributed by atoms with van der Waals surface area (Å²) in [6, 6.07) is 66.9. The zero-order valence-corrected chi connectivity index (χ0v) is 33.6. The number of nitrogens with zero attached hydrogens (tertiary/aromatic N) is 1. The molecule has 0 saturated heterocycles. The van der Waals surface area contributed by atoms with Crippen LogP contribution in [0.2, 0.25) is 0 Å². The minimum Gasteiger partial charge on any atom is -0.456 e. The molecule has 1 aliphatic carbocycles. The predicted octanol–water partition coefficient (Wildman–Crippen LogP) is 16.8. The Kier molecular flexibility index (Phi) is 7.70. The lowest BCUT2D eigenvalue weighted by molar-refractivity contribution is 0.668. The van der Waals surface area contributed by atoms with Gasteiger partial charge in [-0.05, 0) is 113 Å². The second-order valence-corrected chi connectivity index (χ2v) is 16.3. The molecule has 0 spiro atoms. The van der Waals surface area contributed by atoms with Crippen molar-refractivity contribution in [1.82, 2.24) is 0 Å². The minimum absolute atomic E-state index is 0.861. The lowest BCUT2D eigenvalue weighted by Gasteiger charge is -2.31. The minimum atomic E-state index is 0.861. The van der Waals surface area contributed by atoms with Crippen LogP contribution in [0.3, 0.4) is 0 Å². The van der Waals surface area contributed by atoms with E-state index in [0.29, 0.717) is 0 Å². The van der Waals surface area contributed by atoms with Crippen molar-refractivity contribution in [1.29, 1.82) is 0 Å². The van der Waals surface area contributed by atoms with E-state index in [0.717, 1.165) is 123 Å². The van der Waals surface area contributed by atoms with Gasteiger partial charge in [0.05, 0.1) is 0 Å². The van der Waals surface area contributed by atoms with Crippen LogP contribution in [-0.4, -0.2) is 0 Å². The molecule has 0 saturated carbocycles. The van der Waals surface area contributed by atoms with E-state index in [4.69, 9.17) is 13.3 Å². The highest BCUT2D eigenvalue weighted by atomic mass is 16.3. The summed E-state index contributed by atoms with van der Waals surface area (Å²) in [6.07, 6.45) is 6.38. The summed E-state index contributed by atoms with van der Waals surface area (Å²) >= 11 is 0. The molecule has 3 aromatic heterocycles. The van der Waals surface area contributed by atoms with E-state index in [9.17, 15) is 0 Å². The van der Waals surface area contributed by atoms with Gasteiger partial charge in [0.1, 0.15) is 33.5 Å². The van der Waals surface area contributed by atoms with Crippen molar-refractivity contribution in [2.45, 2.75) is 12.8 Å². The Bertz CT molecular complexity index is 3800. The molecule has 12 aromatic rings. The van der Waals surface area contributed by atoms with Crippen LogP contribution in [0.25, 0.3) is 104 Å². The molecule has 1 aliphatic rings. The maximum atomic E-state index is 6.82. The molecule has 0 unspecified atom stereocenters. The van der Waals surface area contributed by atoms with E-state index in [2.05, 4.69) is 181 Å². The summed E-state index contributed by atoms with van der Waals surface area (Å²) in [5.41, 5.74) is 15.6. The molecule has 292 valence electrons. The maximum absolute atomic E-state index is 6.82. The number of hydrogen-bond acceptors (Lipinski definition) is 4. The average molecular weight is 796 g/mol. The van der Waals surface area contributed by atoms with Crippen molar-refractivity contribution in [2.24, 2.45) is 0 Å². The van der Waals surface area contributed by atoms with Gasteiger partial charge < -0.3 is 18.2 Å². The molecule has 9 aromatic carbocycles. The number of rotatable bonds is 6. The third kappa shape index (κ3) is 5.47. The molecule has 0 amide bonds. The SMILES string of the molecule is C1=CC(c2cccc3c2oc2cc4ccccc4cc23)=C(N(c2ccc(-c3ccc4oc5ccccc5c4c3)cc2)c2ccc(-c3cccc4oc5ccccc5c34)cc2)CC1. The molecule has 4 heteroatoms. The quantitative estimate of drug-likeness (QED) is 0.168. The Morgan fingerprint density at radius 1 is 0.387 bits per heavy atom. The highest BCUT2D eigenvalue weighted by Gasteiger charge is 2.24. The van der Waals surface area contributed by atoms with Crippen molar-refractivity contribution in [3.8, 4) is 22.3 Å². The Morgan fingerprint density at radius 3 is 1.81 bits per heavy atom. The number of anilines is 2. The van der Waals surface area contributed by atoms with Gasteiger partial charge in [-0.3, -0.25) is 0 Å². The van der Waals surface area contributed by atoms with Crippen LogP contribution in [0.4, 0.5) is 11.4 Å². The fraction of sp³-hybridized carbons (Fsp3) is 0.0345. The van der Waals surface area contributed by atoms with E-state index in [1.165, 1.54) is 16.5 Å². The van der Waals surface area contributed by atoms with Gasteiger partial charge in [-0.15, -0.1) is 0 Å². The third-order valence-electron chi connectivity index (χ3n) is 12.7. The van der Waals surface area contributed by atoms with Crippen molar-refractivity contribution in [3.63, 3.8) is 0 Å². The lowest BCUT2D eigenvalue weighted by atomic mass is 9.93. The summed E-state index contributed by atoms with van der Waals surface area (Å²) in [5, 5.41) is 9.15. The average Bonchev–Trinajstić information content (AvgIpc) is 4.02. The Labute approximate surface area is 356 Å². The number of para-hydroxylation sites is 3. The van der Waals surface area contributed by atoms with Gasteiger partial charge in [-0.1, -0.05) is 133 Å². The van der Waals surface area contributed by atoms with Crippen molar-refractivity contribution in [3.05, 3.63) is 211 Å². The highest BCUT2D eigenvalue weighted by molar-refractivity contribution is 6.14. The van der Waals surface area contributed by atoms with Crippen molar-refractivity contribution >= 4 is 93.5 Å². The van der Waals surface area contributed by atoms with Crippen LogP contribution < -0.4 is 4.90 Å². The smallest absolute Gasteiger partial charge is 0.143 e. The van der Waals surface area contributed by atoms with Crippen LogP contribution in [0.5, 0.6) is 0 Å². The van der Waals surface area contributed by atoms with Gasteiger partial charge in [0.25, 0.3) is 0 Å². The van der Waals surface area contributed by atoms with Crippen LogP contribution in [0, 0.1) is 0 Å². The number of hydrogen-bond donors (Lipinski definition) is 0. The van der Waals surface area contributed by atoms with Gasteiger partial charge in [-0.25, -0.2) is 0 Å². The van der Waals surface area contributed by atoms with Gasteiger partial charge in [0.2, 0.25) is 0 Å².